The molecule has 0 saturated carbocycles. The molecule has 0 radical (unpaired) electrons. The molecule has 3 aromatic rings. The Hall–Kier alpha value is -2.62. The number of nitrogens with one attached hydrogen (secondary N) is 1. The molecule has 21 heavy (non-hydrogen) atoms. The van der Waals surface area contributed by atoms with E-state index in [4.69, 9.17) is 0 Å². The molecule has 0 aliphatic rings. The van der Waals surface area contributed by atoms with Crippen molar-refractivity contribution < 1.29 is 4.39 Å². The molecule has 0 aliphatic heterocycles. The molecule has 1 aromatic heterocycles. The number of imidazole rings is 1. The highest BCUT2D eigenvalue weighted by Gasteiger charge is 2.04. The van der Waals surface area contributed by atoms with E-state index in [-0.39, 0.29) is 5.82 Å². The van der Waals surface area contributed by atoms with Gasteiger partial charge in [-0.1, -0.05) is 30.3 Å². The summed E-state index contributed by atoms with van der Waals surface area (Å²) in [6.07, 6.45) is 3.77. The predicted octanol–water partition coefficient (Wildman–Crippen LogP) is 3.80. The van der Waals surface area contributed by atoms with Gasteiger partial charge in [-0.15, -0.1) is 0 Å². The molecule has 0 atom stereocenters. The van der Waals surface area contributed by atoms with Crippen molar-refractivity contribution in [2.45, 2.75) is 6.54 Å². The SMILES string of the molecule is Fc1ccc(NCCn2ccnc2-c2ccccc2)cc1. The predicted molar refractivity (Wildman–Crippen MR) is 82.6 cm³/mol. The normalized spacial score (nSPS) is 10.5. The molecule has 4 heteroatoms. The molecular formula is C17H16FN3. The third-order valence-corrected chi connectivity index (χ3v) is 3.27. The number of nitrogens with zero attached hydrogens (tertiary/aromatic N) is 2. The number of anilines is 1. The van der Waals surface area contributed by atoms with E-state index in [1.807, 2.05) is 36.5 Å². The van der Waals surface area contributed by atoms with Gasteiger partial charge in [0.1, 0.15) is 11.6 Å². The van der Waals surface area contributed by atoms with Crippen LogP contribution in [0.15, 0.2) is 67.0 Å². The average molecular weight is 281 g/mol. The van der Waals surface area contributed by atoms with Gasteiger partial charge < -0.3 is 9.88 Å². The fourth-order valence-electron chi connectivity index (χ4n) is 2.23. The molecule has 106 valence electrons. The summed E-state index contributed by atoms with van der Waals surface area (Å²) in [6, 6.07) is 16.5. The van der Waals surface area contributed by atoms with Crippen molar-refractivity contribution in [3.8, 4) is 11.4 Å². The summed E-state index contributed by atoms with van der Waals surface area (Å²) in [5, 5.41) is 3.27. The highest BCUT2D eigenvalue weighted by Crippen LogP contribution is 2.16. The summed E-state index contributed by atoms with van der Waals surface area (Å²) in [7, 11) is 0. The second-order valence-corrected chi connectivity index (χ2v) is 4.74. The van der Waals surface area contributed by atoms with Crippen LogP contribution in [0.25, 0.3) is 11.4 Å². The van der Waals surface area contributed by atoms with Crippen LogP contribution in [0.5, 0.6) is 0 Å². The Balaban J connectivity index is 1.64. The molecule has 0 unspecified atom stereocenters. The first-order valence-electron chi connectivity index (χ1n) is 6.89. The van der Waals surface area contributed by atoms with E-state index in [2.05, 4.69) is 14.9 Å². The van der Waals surface area contributed by atoms with Gasteiger partial charge in [-0.25, -0.2) is 9.37 Å². The monoisotopic (exact) mass is 281 g/mol. The molecule has 0 spiro atoms. The topological polar surface area (TPSA) is 29.9 Å². The zero-order valence-corrected chi connectivity index (χ0v) is 11.5. The Morgan fingerprint density at radius 3 is 2.52 bits per heavy atom. The Bertz CT molecular complexity index is 690. The lowest BCUT2D eigenvalue weighted by atomic mass is 10.2. The van der Waals surface area contributed by atoms with E-state index >= 15 is 0 Å². The van der Waals surface area contributed by atoms with Crippen molar-refractivity contribution in [3.63, 3.8) is 0 Å². The first kappa shape index (κ1) is 13.4. The third kappa shape index (κ3) is 3.28. The Morgan fingerprint density at radius 2 is 1.76 bits per heavy atom. The van der Waals surface area contributed by atoms with Gasteiger partial charge in [-0.3, -0.25) is 0 Å². The first-order valence-corrected chi connectivity index (χ1v) is 6.89. The van der Waals surface area contributed by atoms with Crippen molar-refractivity contribution in [2.24, 2.45) is 0 Å². The number of hydrogen-bond donors (Lipinski definition) is 1. The van der Waals surface area contributed by atoms with E-state index < -0.39 is 0 Å². The molecule has 3 rings (SSSR count). The van der Waals surface area contributed by atoms with E-state index in [1.54, 1.807) is 18.3 Å². The van der Waals surface area contributed by atoms with Crippen molar-refractivity contribution in [1.82, 2.24) is 9.55 Å². The highest BCUT2D eigenvalue weighted by atomic mass is 19.1. The van der Waals surface area contributed by atoms with Crippen molar-refractivity contribution in [1.29, 1.82) is 0 Å². The van der Waals surface area contributed by atoms with Crippen molar-refractivity contribution in [3.05, 3.63) is 72.8 Å². The van der Waals surface area contributed by atoms with Crippen molar-refractivity contribution in [2.75, 3.05) is 11.9 Å². The van der Waals surface area contributed by atoms with Crippen molar-refractivity contribution >= 4 is 5.69 Å². The van der Waals surface area contributed by atoms with Gasteiger partial charge in [-0.2, -0.15) is 0 Å². The quantitative estimate of drug-likeness (QED) is 0.771. The van der Waals surface area contributed by atoms with E-state index in [0.29, 0.717) is 0 Å². The van der Waals surface area contributed by atoms with Gasteiger partial charge in [0.15, 0.2) is 0 Å². The molecule has 0 bridgehead atoms. The van der Waals surface area contributed by atoms with Gasteiger partial charge in [0.2, 0.25) is 0 Å². The maximum atomic E-state index is 12.8. The number of aromatic nitrogens is 2. The summed E-state index contributed by atoms with van der Waals surface area (Å²) in [4.78, 5) is 4.41. The van der Waals surface area contributed by atoms with Crippen LogP contribution in [-0.2, 0) is 6.54 Å². The molecule has 0 saturated heterocycles. The number of hydrogen-bond acceptors (Lipinski definition) is 2. The lowest BCUT2D eigenvalue weighted by Crippen LogP contribution is -2.10. The van der Waals surface area contributed by atoms with Gasteiger partial charge in [0.25, 0.3) is 0 Å². The highest BCUT2D eigenvalue weighted by molar-refractivity contribution is 5.55. The van der Waals surface area contributed by atoms with Crippen LogP contribution in [0, 0.1) is 5.82 Å². The van der Waals surface area contributed by atoms with Gasteiger partial charge in [-0.05, 0) is 24.3 Å². The van der Waals surface area contributed by atoms with Crippen LogP contribution >= 0.6 is 0 Å². The molecular weight excluding hydrogens is 265 g/mol. The molecule has 0 amide bonds. The summed E-state index contributed by atoms with van der Waals surface area (Å²) >= 11 is 0. The number of halogens is 1. The van der Waals surface area contributed by atoms with Crippen LogP contribution < -0.4 is 5.32 Å². The van der Waals surface area contributed by atoms with Crippen LogP contribution in [-0.4, -0.2) is 16.1 Å². The van der Waals surface area contributed by atoms with Gasteiger partial charge in [0, 0.05) is 36.7 Å². The largest absolute Gasteiger partial charge is 0.383 e. The van der Waals surface area contributed by atoms with Gasteiger partial charge >= 0.3 is 0 Å². The minimum atomic E-state index is -0.221. The van der Waals surface area contributed by atoms with Crippen LogP contribution in [0.2, 0.25) is 0 Å². The maximum absolute atomic E-state index is 12.8. The zero-order valence-electron chi connectivity index (χ0n) is 11.5. The minimum Gasteiger partial charge on any atom is -0.383 e. The Kier molecular flexibility index (Phi) is 3.96. The van der Waals surface area contributed by atoms with Crippen LogP contribution in [0.4, 0.5) is 10.1 Å². The maximum Gasteiger partial charge on any atom is 0.139 e. The summed E-state index contributed by atoms with van der Waals surface area (Å²) < 4.78 is 14.9. The second kappa shape index (κ2) is 6.22. The molecule has 1 N–H and O–H groups in total. The van der Waals surface area contributed by atoms with E-state index in [0.717, 1.165) is 30.2 Å². The Labute approximate surface area is 123 Å². The molecule has 1 heterocycles. The summed E-state index contributed by atoms with van der Waals surface area (Å²) in [6.45, 7) is 1.55. The van der Waals surface area contributed by atoms with Crippen LogP contribution in [0.1, 0.15) is 0 Å². The molecule has 2 aromatic carbocycles. The van der Waals surface area contributed by atoms with E-state index in [9.17, 15) is 4.39 Å². The van der Waals surface area contributed by atoms with E-state index in [1.165, 1.54) is 12.1 Å². The number of rotatable bonds is 5. The standard InChI is InChI=1S/C17H16FN3/c18-15-6-8-16(9-7-15)19-10-12-21-13-11-20-17(21)14-4-2-1-3-5-14/h1-9,11,13,19H,10,12H2. The zero-order chi connectivity index (χ0) is 14.5. The fourth-order valence-corrected chi connectivity index (χ4v) is 2.23. The lowest BCUT2D eigenvalue weighted by Gasteiger charge is -2.10. The summed E-state index contributed by atoms with van der Waals surface area (Å²) in [5.41, 5.74) is 2.02. The molecule has 0 aliphatic carbocycles. The lowest BCUT2D eigenvalue weighted by molar-refractivity contribution is 0.628. The molecule has 0 fully saturated rings. The first-order chi connectivity index (χ1) is 10.3. The average Bonchev–Trinajstić information content (AvgIpc) is 2.99. The second-order valence-electron chi connectivity index (χ2n) is 4.74. The third-order valence-electron chi connectivity index (χ3n) is 3.27. The minimum absolute atomic E-state index is 0.221. The molecule has 3 nitrogen and oxygen atoms in total. The smallest absolute Gasteiger partial charge is 0.139 e. The van der Waals surface area contributed by atoms with Gasteiger partial charge in [0.05, 0.1) is 0 Å². The summed E-state index contributed by atoms with van der Waals surface area (Å²) in [5.74, 6) is 0.734. The number of benzene rings is 2. The van der Waals surface area contributed by atoms with Crippen LogP contribution in [0.3, 0.4) is 0 Å². The fraction of sp³-hybridized carbons (Fsp3) is 0.118. The Morgan fingerprint density at radius 1 is 1.00 bits per heavy atom.